The van der Waals surface area contributed by atoms with Crippen LogP contribution in [0.15, 0.2) is 114 Å². The van der Waals surface area contributed by atoms with Gasteiger partial charge in [0.15, 0.2) is 0 Å². The molecule has 0 aliphatic carbocycles. The molecular weight excluding hydrogens is 795 g/mol. The zero-order valence-electron chi connectivity index (χ0n) is 32.1. The molecule has 0 spiro atoms. The fraction of sp³-hybridized carbons (Fsp3) is 0.233. The molecule has 0 aliphatic heterocycles. The van der Waals surface area contributed by atoms with Crippen molar-refractivity contribution in [1.82, 2.24) is 15.0 Å². The molecule has 4 heterocycles. The second-order valence-electron chi connectivity index (χ2n) is 13.5. The molecule has 0 fully saturated rings. The van der Waals surface area contributed by atoms with Crippen molar-refractivity contribution in [2.75, 3.05) is 0 Å². The van der Waals surface area contributed by atoms with Gasteiger partial charge in [0.2, 0.25) is 5.71 Å². The molecule has 4 nitrogen and oxygen atoms in total. The number of furan rings is 1. The Bertz CT molecular complexity index is 2300. The molecule has 0 saturated heterocycles. The Hall–Kier alpha value is -4.22. The summed E-state index contributed by atoms with van der Waals surface area (Å²) in [6.45, 7) is 14.6. The van der Waals surface area contributed by atoms with Crippen LogP contribution in [0.5, 0.6) is 0 Å². The quantitative estimate of drug-likeness (QED) is 0.119. The van der Waals surface area contributed by atoms with E-state index in [-0.39, 0.29) is 26.0 Å². The van der Waals surface area contributed by atoms with Crippen LogP contribution in [-0.4, -0.2) is 23.0 Å². The van der Waals surface area contributed by atoms with E-state index in [1.165, 1.54) is 5.19 Å². The summed E-state index contributed by atoms with van der Waals surface area (Å²) in [5.74, 6) is -0.756. The fourth-order valence-corrected chi connectivity index (χ4v) is 7.40. The van der Waals surface area contributed by atoms with E-state index in [2.05, 4.69) is 64.9 Å². The predicted octanol–water partition coefficient (Wildman–Crippen LogP) is 10.9. The summed E-state index contributed by atoms with van der Waals surface area (Å²) < 4.78 is 31.3. The van der Waals surface area contributed by atoms with Crippen molar-refractivity contribution in [2.24, 2.45) is 5.92 Å². The molecule has 49 heavy (non-hydrogen) atoms. The van der Waals surface area contributed by atoms with Crippen molar-refractivity contribution in [3.05, 3.63) is 133 Å². The first-order chi connectivity index (χ1) is 24.1. The van der Waals surface area contributed by atoms with Gasteiger partial charge in [-0.15, -0.1) is 59.7 Å². The zero-order valence-corrected chi connectivity index (χ0v) is 32.4. The summed E-state index contributed by atoms with van der Waals surface area (Å²) in [4.78, 5) is 13.5. The van der Waals surface area contributed by atoms with Gasteiger partial charge in [-0.25, -0.2) is 4.98 Å². The summed E-state index contributed by atoms with van der Waals surface area (Å²) in [5, 5.41) is 3.17. The second-order valence-corrected chi connectivity index (χ2v) is 18.5. The first-order valence-electron chi connectivity index (χ1n) is 17.9. The van der Waals surface area contributed by atoms with Crippen molar-refractivity contribution in [2.45, 2.75) is 59.6 Å². The van der Waals surface area contributed by atoms with Crippen LogP contribution in [-0.2, 0) is 26.5 Å². The van der Waals surface area contributed by atoms with Gasteiger partial charge in [-0.1, -0.05) is 106 Å². The largest absolute Gasteiger partial charge is 0.486 e. The first kappa shape index (κ1) is 32.0. The Labute approximate surface area is 309 Å². The maximum Gasteiger partial charge on any atom is 0.216 e. The molecule has 4 aromatic heterocycles. The van der Waals surface area contributed by atoms with Crippen molar-refractivity contribution in [3.8, 4) is 33.6 Å². The fourth-order valence-electron chi connectivity index (χ4n) is 5.82. The van der Waals surface area contributed by atoms with E-state index in [1.54, 1.807) is 18.5 Å². The molecule has 0 amide bonds. The molecule has 0 saturated carbocycles. The van der Waals surface area contributed by atoms with E-state index in [0.29, 0.717) is 22.6 Å². The number of hydrogen-bond donors (Lipinski definition) is 0. The third-order valence-corrected chi connectivity index (χ3v) is 10.1. The molecular formula is C43H43IrN3OSi-2. The summed E-state index contributed by atoms with van der Waals surface area (Å²) >= 11 is 0. The van der Waals surface area contributed by atoms with Crippen molar-refractivity contribution < 1.29 is 28.6 Å². The van der Waals surface area contributed by atoms with Gasteiger partial charge in [0.25, 0.3) is 0 Å². The average molecular weight is 841 g/mol. The minimum Gasteiger partial charge on any atom is -0.486 e. The van der Waals surface area contributed by atoms with Crippen LogP contribution in [0.1, 0.15) is 48.8 Å². The number of fused-ring (bicyclic) bond motifs is 3. The van der Waals surface area contributed by atoms with E-state index in [0.717, 1.165) is 44.3 Å². The van der Waals surface area contributed by atoms with E-state index in [9.17, 15) is 0 Å². The van der Waals surface area contributed by atoms with Crippen LogP contribution in [0.4, 0.5) is 0 Å². The van der Waals surface area contributed by atoms with Crippen LogP contribution in [0.3, 0.4) is 0 Å². The van der Waals surface area contributed by atoms with Crippen molar-refractivity contribution in [3.63, 3.8) is 0 Å². The SMILES string of the molecule is [2H]C(C)(C)c1cc(-c2[c-]cccc2)ncc1[Si](C)(C)C.[2H]C([2H])(c1ccnc(-c2[c-]cc3oc4nccc(-c5ccccc5)c4c3c2)c1)C(C)C.[Ir]. The van der Waals surface area contributed by atoms with Crippen LogP contribution < -0.4 is 5.19 Å². The van der Waals surface area contributed by atoms with E-state index in [1.807, 2.05) is 101 Å². The summed E-state index contributed by atoms with van der Waals surface area (Å²) in [5.41, 5.74) is 8.52. The van der Waals surface area contributed by atoms with Crippen LogP contribution in [0, 0.1) is 18.1 Å². The molecule has 0 aliphatic rings. The molecule has 6 heteroatoms. The average Bonchev–Trinajstić information content (AvgIpc) is 3.50. The molecule has 0 unspecified atom stereocenters. The van der Waals surface area contributed by atoms with E-state index in [4.69, 9.17) is 8.53 Å². The van der Waals surface area contributed by atoms with Gasteiger partial charge in [-0.05, 0) is 58.0 Å². The standard InChI is InChI=1S/C26H21N2O.C17H22NSi.Ir/c1-17(2)14-18-10-12-27-23(15-18)20-8-9-24-22(16-20)25-21(11-13-28-26(25)29-24)19-6-4-3-5-7-19;1-13(2)15-11-16(14-9-7-6-8-10-14)18-12-17(15)19(3,4)5;/h3-7,9-13,15-17H,14H2,1-2H3;6-9,11-13H,1-5H3;/q2*-1;/i14D2;13D;. The van der Waals surface area contributed by atoms with Gasteiger partial charge in [0, 0.05) is 48.2 Å². The third kappa shape index (κ3) is 8.33. The number of pyridine rings is 3. The summed E-state index contributed by atoms with van der Waals surface area (Å²) in [6, 6.07) is 35.9. The summed E-state index contributed by atoms with van der Waals surface area (Å²) in [6.07, 6.45) is 3.96. The third-order valence-electron chi connectivity index (χ3n) is 8.12. The Morgan fingerprint density at radius 1 is 0.816 bits per heavy atom. The number of nitrogens with zero attached hydrogens (tertiary/aromatic N) is 3. The van der Waals surface area contributed by atoms with Gasteiger partial charge in [0.05, 0.1) is 13.7 Å². The maximum absolute atomic E-state index is 8.44. The summed E-state index contributed by atoms with van der Waals surface area (Å²) in [7, 11) is -1.50. The number of aromatic nitrogens is 3. The Morgan fingerprint density at radius 3 is 2.24 bits per heavy atom. The van der Waals surface area contributed by atoms with Gasteiger partial charge >= 0.3 is 0 Å². The van der Waals surface area contributed by atoms with Crippen LogP contribution >= 0.6 is 0 Å². The minimum absolute atomic E-state index is 0. The molecule has 0 N–H and O–H groups in total. The topological polar surface area (TPSA) is 51.8 Å². The molecule has 7 aromatic rings. The molecule has 7 rings (SSSR count). The molecule has 1 radical (unpaired) electrons. The van der Waals surface area contributed by atoms with Gasteiger partial charge in [-0.2, -0.15) is 0 Å². The van der Waals surface area contributed by atoms with Crippen LogP contribution in [0.2, 0.25) is 19.6 Å². The van der Waals surface area contributed by atoms with E-state index < -0.39 is 20.3 Å². The van der Waals surface area contributed by atoms with Crippen molar-refractivity contribution in [1.29, 1.82) is 0 Å². The normalized spacial score (nSPS) is 12.9. The molecule has 251 valence electrons. The Balaban J connectivity index is 0.000000217. The Kier molecular flexibility index (Phi) is 10.2. The molecule has 3 aromatic carbocycles. The first-order valence-corrected chi connectivity index (χ1v) is 19.9. The number of rotatable bonds is 7. The molecule has 0 atom stereocenters. The van der Waals surface area contributed by atoms with Crippen molar-refractivity contribution >= 4 is 35.3 Å². The second kappa shape index (κ2) is 15.5. The van der Waals surface area contributed by atoms with Gasteiger partial charge < -0.3 is 14.4 Å². The number of benzene rings is 3. The zero-order chi connectivity index (χ0) is 36.6. The minimum atomic E-state index is -1.50. The predicted molar refractivity (Wildman–Crippen MR) is 203 cm³/mol. The van der Waals surface area contributed by atoms with Crippen LogP contribution in [0.25, 0.3) is 55.7 Å². The van der Waals surface area contributed by atoms with E-state index >= 15 is 0 Å². The molecule has 0 bridgehead atoms. The Morgan fingerprint density at radius 2 is 1.55 bits per heavy atom. The monoisotopic (exact) mass is 841 g/mol. The van der Waals surface area contributed by atoms with Gasteiger partial charge in [0.1, 0.15) is 0 Å². The smallest absolute Gasteiger partial charge is 0.216 e. The van der Waals surface area contributed by atoms with Gasteiger partial charge in [-0.3, -0.25) is 0 Å². The number of hydrogen-bond acceptors (Lipinski definition) is 4. The maximum atomic E-state index is 8.44.